The summed E-state index contributed by atoms with van der Waals surface area (Å²) >= 11 is 0. The van der Waals surface area contributed by atoms with E-state index in [9.17, 15) is 13.2 Å². The van der Waals surface area contributed by atoms with Gasteiger partial charge in [0, 0.05) is 38.5 Å². The second-order valence-electron chi connectivity index (χ2n) is 5.19. The number of hydrogen-bond acceptors (Lipinski definition) is 4. The van der Waals surface area contributed by atoms with Crippen LogP contribution in [0.1, 0.15) is 22.8 Å². The van der Waals surface area contributed by atoms with Gasteiger partial charge in [-0.25, -0.2) is 8.42 Å². The van der Waals surface area contributed by atoms with Crippen molar-refractivity contribution in [2.75, 3.05) is 38.7 Å². The van der Waals surface area contributed by atoms with Crippen molar-refractivity contribution in [3.63, 3.8) is 0 Å². The first-order chi connectivity index (χ1) is 11.4. The molecule has 1 amide bonds. The molecule has 0 bridgehead atoms. The van der Waals surface area contributed by atoms with Crippen molar-refractivity contribution in [3.05, 3.63) is 35.4 Å². The third kappa shape index (κ3) is 9.05. The first-order valence-electron chi connectivity index (χ1n) is 7.87. The third-order valence-electron chi connectivity index (χ3n) is 3.49. The van der Waals surface area contributed by atoms with Crippen LogP contribution in [0.3, 0.4) is 0 Å². The fourth-order valence-electron chi connectivity index (χ4n) is 2.03. The van der Waals surface area contributed by atoms with Crippen molar-refractivity contribution in [1.82, 2.24) is 16.0 Å². The van der Waals surface area contributed by atoms with E-state index in [1.807, 2.05) is 18.2 Å². The number of nitrogens with zero attached hydrogens (tertiary/aromatic N) is 1. The highest BCUT2D eigenvalue weighted by atomic mass is 127. The molecule has 1 aromatic rings. The summed E-state index contributed by atoms with van der Waals surface area (Å²) < 4.78 is 22.9. The average Bonchev–Trinajstić information content (AvgIpc) is 2.59. The van der Waals surface area contributed by atoms with Gasteiger partial charge >= 0.3 is 0 Å². The van der Waals surface area contributed by atoms with E-state index < -0.39 is 9.84 Å². The van der Waals surface area contributed by atoms with Crippen molar-refractivity contribution in [2.24, 2.45) is 4.99 Å². The molecule has 25 heavy (non-hydrogen) atoms. The quantitative estimate of drug-likeness (QED) is 0.289. The van der Waals surface area contributed by atoms with Gasteiger partial charge < -0.3 is 16.0 Å². The van der Waals surface area contributed by atoms with E-state index in [4.69, 9.17) is 0 Å². The summed E-state index contributed by atoms with van der Waals surface area (Å²) in [6.45, 7) is 2.58. The molecule has 0 atom stereocenters. The van der Waals surface area contributed by atoms with Gasteiger partial charge in [-0.2, -0.15) is 0 Å². The highest BCUT2D eigenvalue weighted by Gasteiger charge is 2.07. The molecule has 0 radical (unpaired) electrons. The van der Waals surface area contributed by atoms with Crippen LogP contribution >= 0.6 is 24.0 Å². The number of amides is 1. The zero-order valence-corrected chi connectivity index (χ0v) is 18.0. The van der Waals surface area contributed by atoms with E-state index in [2.05, 4.69) is 20.9 Å². The van der Waals surface area contributed by atoms with E-state index in [1.165, 1.54) is 0 Å². The molecule has 0 unspecified atom stereocenters. The second kappa shape index (κ2) is 12.1. The monoisotopic (exact) mass is 482 g/mol. The van der Waals surface area contributed by atoms with Crippen molar-refractivity contribution >= 4 is 45.7 Å². The maximum atomic E-state index is 11.6. The van der Waals surface area contributed by atoms with Crippen LogP contribution in [-0.4, -0.2) is 59.0 Å². The molecule has 0 saturated carbocycles. The predicted octanol–water partition coefficient (Wildman–Crippen LogP) is 0.806. The van der Waals surface area contributed by atoms with Gasteiger partial charge in [0.1, 0.15) is 0 Å². The Morgan fingerprint density at radius 1 is 1.20 bits per heavy atom. The van der Waals surface area contributed by atoms with Gasteiger partial charge in [0.15, 0.2) is 15.8 Å². The molecule has 1 aromatic carbocycles. The number of benzene rings is 1. The van der Waals surface area contributed by atoms with E-state index in [0.29, 0.717) is 24.6 Å². The van der Waals surface area contributed by atoms with Crippen LogP contribution in [0.5, 0.6) is 0 Å². The van der Waals surface area contributed by atoms with Crippen LogP contribution in [0.2, 0.25) is 0 Å². The molecule has 7 nitrogen and oxygen atoms in total. The number of aliphatic imine (C=N–C) groups is 1. The number of sulfone groups is 1. The smallest absolute Gasteiger partial charge is 0.251 e. The number of carbonyl (C=O) groups excluding carboxylic acids is 1. The van der Waals surface area contributed by atoms with Crippen molar-refractivity contribution in [3.8, 4) is 0 Å². The zero-order chi connectivity index (χ0) is 18.0. The van der Waals surface area contributed by atoms with Crippen molar-refractivity contribution < 1.29 is 13.2 Å². The molecular formula is C16H27IN4O3S. The van der Waals surface area contributed by atoms with Crippen LogP contribution < -0.4 is 16.0 Å². The summed E-state index contributed by atoms with van der Waals surface area (Å²) in [6, 6.07) is 7.43. The van der Waals surface area contributed by atoms with Crippen LogP contribution in [0.15, 0.2) is 29.3 Å². The first-order valence-corrected chi connectivity index (χ1v) is 9.70. The Hall–Kier alpha value is -1.36. The standard InChI is InChI=1S/C16H26N4O3S.HI/c1-4-24(22,23)11-10-20-16(18-3)19-9-8-13-6-5-7-14(12-13)15(21)17-2;/h5-7,12H,4,8-11H2,1-3H3,(H,17,21)(H2,18,19,20);1H. The fraction of sp³-hybridized carbons (Fsp3) is 0.500. The summed E-state index contributed by atoms with van der Waals surface area (Å²) in [6.07, 6.45) is 0.721. The van der Waals surface area contributed by atoms with Gasteiger partial charge in [-0.3, -0.25) is 9.79 Å². The minimum absolute atomic E-state index is 0. The molecule has 1 rings (SSSR count). The molecule has 0 fully saturated rings. The second-order valence-corrected chi connectivity index (χ2v) is 7.66. The number of halogens is 1. The molecule has 142 valence electrons. The summed E-state index contributed by atoms with van der Waals surface area (Å²) in [4.78, 5) is 15.7. The van der Waals surface area contributed by atoms with Crippen LogP contribution in [0.4, 0.5) is 0 Å². The number of hydrogen-bond donors (Lipinski definition) is 3. The van der Waals surface area contributed by atoms with Gasteiger partial charge in [0.25, 0.3) is 5.91 Å². The number of guanidine groups is 1. The number of carbonyl (C=O) groups is 1. The molecule has 0 aliphatic carbocycles. The van der Waals surface area contributed by atoms with E-state index in [0.717, 1.165) is 12.0 Å². The fourth-order valence-corrected chi connectivity index (χ4v) is 2.73. The van der Waals surface area contributed by atoms with Crippen molar-refractivity contribution in [1.29, 1.82) is 0 Å². The number of nitrogens with one attached hydrogen (secondary N) is 3. The Morgan fingerprint density at radius 2 is 1.88 bits per heavy atom. The number of rotatable bonds is 8. The molecule has 0 aromatic heterocycles. The lowest BCUT2D eigenvalue weighted by molar-refractivity contribution is 0.0963. The van der Waals surface area contributed by atoms with Gasteiger partial charge in [-0.15, -0.1) is 24.0 Å². The maximum Gasteiger partial charge on any atom is 0.251 e. The Labute approximate surface area is 167 Å². The molecule has 0 saturated heterocycles. The van der Waals surface area contributed by atoms with Gasteiger partial charge in [-0.1, -0.05) is 19.1 Å². The third-order valence-corrected chi connectivity index (χ3v) is 5.20. The zero-order valence-electron chi connectivity index (χ0n) is 14.8. The minimum atomic E-state index is -2.99. The average molecular weight is 482 g/mol. The lowest BCUT2D eigenvalue weighted by Crippen LogP contribution is -2.40. The molecular weight excluding hydrogens is 455 g/mol. The van der Waals surface area contributed by atoms with E-state index >= 15 is 0 Å². The minimum Gasteiger partial charge on any atom is -0.356 e. The molecule has 0 aliphatic rings. The Balaban J connectivity index is 0.00000576. The topological polar surface area (TPSA) is 99.7 Å². The molecule has 0 spiro atoms. The predicted molar refractivity (Wildman–Crippen MR) is 113 cm³/mol. The highest BCUT2D eigenvalue weighted by Crippen LogP contribution is 2.05. The molecule has 3 N–H and O–H groups in total. The van der Waals surface area contributed by atoms with Gasteiger partial charge in [0.05, 0.1) is 5.75 Å². The summed E-state index contributed by atoms with van der Waals surface area (Å²) in [7, 11) is 0.251. The van der Waals surface area contributed by atoms with Gasteiger partial charge in [0.2, 0.25) is 0 Å². The van der Waals surface area contributed by atoms with E-state index in [1.54, 1.807) is 27.1 Å². The van der Waals surface area contributed by atoms with Gasteiger partial charge in [-0.05, 0) is 24.1 Å². The van der Waals surface area contributed by atoms with E-state index in [-0.39, 0.29) is 41.4 Å². The Morgan fingerprint density at radius 3 is 2.48 bits per heavy atom. The van der Waals surface area contributed by atoms with Crippen LogP contribution in [0.25, 0.3) is 0 Å². The molecule has 9 heteroatoms. The Kier molecular flexibility index (Phi) is 11.4. The SMILES string of the molecule is CCS(=O)(=O)CCNC(=NC)NCCc1cccc(C(=O)NC)c1.I. The van der Waals surface area contributed by atoms with Crippen LogP contribution in [-0.2, 0) is 16.3 Å². The summed E-state index contributed by atoms with van der Waals surface area (Å²) in [5, 5.41) is 8.71. The lowest BCUT2D eigenvalue weighted by Gasteiger charge is -2.12. The summed E-state index contributed by atoms with van der Waals surface area (Å²) in [5.41, 5.74) is 1.66. The van der Waals surface area contributed by atoms with Crippen molar-refractivity contribution in [2.45, 2.75) is 13.3 Å². The maximum absolute atomic E-state index is 11.6. The normalized spacial score (nSPS) is 11.4. The highest BCUT2D eigenvalue weighted by molar-refractivity contribution is 14.0. The lowest BCUT2D eigenvalue weighted by atomic mass is 10.1. The largest absolute Gasteiger partial charge is 0.356 e. The Bertz CT molecular complexity index is 678. The molecule has 0 aliphatic heterocycles. The first kappa shape index (κ1) is 23.6. The molecule has 0 heterocycles. The summed E-state index contributed by atoms with van der Waals surface area (Å²) in [5.74, 6) is 0.670. The van der Waals surface area contributed by atoms with Crippen LogP contribution in [0, 0.1) is 0 Å².